The van der Waals surface area contributed by atoms with Crippen molar-refractivity contribution in [1.82, 2.24) is 10.2 Å². The van der Waals surface area contributed by atoms with Crippen LogP contribution in [0.15, 0.2) is 30.3 Å². The molecule has 1 amide bonds. The Morgan fingerprint density at radius 3 is 2.68 bits per heavy atom. The predicted molar refractivity (Wildman–Crippen MR) is 74.6 cm³/mol. The normalized spacial score (nSPS) is 14.4. The molecular weight excluding hydrogens is 240 g/mol. The molecule has 0 heterocycles. The van der Waals surface area contributed by atoms with Gasteiger partial charge in [-0.15, -0.1) is 0 Å². The lowest BCUT2D eigenvalue weighted by atomic mass is 10.2. The van der Waals surface area contributed by atoms with E-state index in [-0.39, 0.29) is 12.5 Å². The molecule has 19 heavy (non-hydrogen) atoms. The first kappa shape index (κ1) is 14.0. The van der Waals surface area contributed by atoms with Gasteiger partial charge in [0.1, 0.15) is 0 Å². The van der Waals surface area contributed by atoms with E-state index >= 15 is 0 Å². The number of benzene rings is 1. The number of aliphatic hydroxyl groups is 1. The van der Waals surface area contributed by atoms with Crippen molar-refractivity contribution < 1.29 is 9.90 Å². The van der Waals surface area contributed by atoms with Crippen LogP contribution in [0.2, 0.25) is 0 Å². The van der Waals surface area contributed by atoms with E-state index in [9.17, 15) is 4.79 Å². The summed E-state index contributed by atoms with van der Waals surface area (Å²) < 4.78 is 0. The summed E-state index contributed by atoms with van der Waals surface area (Å²) >= 11 is 0. The number of carbonyl (C=O) groups is 1. The highest BCUT2D eigenvalue weighted by Gasteiger charge is 2.21. The zero-order valence-corrected chi connectivity index (χ0v) is 11.2. The first-order chi connectivity index (χ1) is 9.29. The van der Waals surface area contributed by atoms with Gasteiger partial charge in [0, 0.05) is 32.1 Å². The van der Waals surface area contributed by atoms with E-state index < -0.39 is 0 Å². The first-order valence-electron chi connectivity index (χ1n) is 6.95. The second kappa shape index (κ2) is 7.26. The average molecular weight is 262 g/mol. The fraction of sp³-hybridized carbons (Fsp3) is 0.533. The highest BCUT2D eigenvalue weighted by Crippen LogP contribution is 2.18. The van der Waals surface area contributed by atoms with E-state index in [1.165, 1.54) is 12.8 Å². The number of carbonyl (C=O) groups excluding carboxylic acids is 1. The molecule has 2 N–H and O–H groups in total. The molecule has 0 spiro atoms. The fourth-order valence-electron chi connectivity index (χ4n) is 2.05. The first-order valence-corrected chi connectivity index (χ1v) is 6.95. The van der Waals surface area contributed by atoms with Crippen LogP contribution < -0.4 is 5.32 Å². The molecule has 0 aromatic heterocycles. The highest BCUT2D eigenvalue weighted by atomic mass is 16.3. The summed E-state index contributed by atoms with van der Waals surface area (Å²) in [6.07, 6.45) is 2.97. The van der Waals surface area contributed by atoms with Gasteiger partial charge in [0.25, 0.3) is 0 Å². The summed E-state index contributed by atoms with van der Waals surface area (Å²) in [5.41, 5.74) is 1.10. The van der Waals surface area contributed by atoms with Crippen LogP contribution in [0.25, 0.3) is 0 Å². The summed E-state index contributed by atoms with van der Waals surface area (Å²) in [5, 5.41) is 12.4. The Bertz CT molecular complexity index is 390. The molecule has 1 aromatic carbocycles. The molecule has 0 aliphatic heterocycles. The molecule has 0 saturated heterocycles. The Kier molecular flexibility index (Phi) is 5.36. The topological polar surface area (TPSA) is 52.6 Å². The number of hydrogen-bond acceptors (Lipinski definition) is 3. The van der Waals surface area contributed by atoms with Crippen LogP contribution in [0.4, 0.5) is 0 Å². The fourth-order valence-corrected chi connectivity index (χ4v) is 2.05. The van der Waals surface area contributed by atoms with Crippen LogP contribution >= 0.6 is 0 Å². The molecule has 1 fully saturated rings. The van der Waals surface area contributed by atoms with Gasteiger partial charge in [-0.1, -0.05) is 30.3 Å². The Balaban J connectivity index is 1.81. The smallest absolute Gasteiger partial charge is 0.224 e. The Labute approximate surface area is 114 Å². The number of aliphatic hydroxyl groups excluding tert-OH is 1. The molecule has 0 radical (unpaired) electrons. The third-order valence-electron chi connectivity index (χ3n) is 3.29. The lowest BCUT2D eigenvalue weighted by molar-refractivity contribution is -0.132. The summed E-state index contributed by atoms with van der Waals surface area (Å²) in [4.78, 5) is 13.8. The van der Waals surface area contributed by atoms with Gasteiger partial charge in [-0.25, -0.2) is 0 Å². The number of nitrogens with one attached hydrogen (secondary N) is 1. The van der Waals surface area contributed by atoms with E-state index in [4.69, 9.17) is 5.11 Å². The molecule has 4 heteroatoms. The second-order valence-corrected chi connectivity index (χ2v) is 5.00. The minimum Gasteiger partial charge on any atom is -0.395 e. The Morgan fingerprint density at radius 1 is 1.32 bits per heavy atom. The molecule has 1 aliphatic rings. The van der Waals surface area contributed by atoms with Crippen molar-refractivity contribution in [3.05, 3.63) is 35.9 Å². The molecule has 104 valence electrons. The van der Waals surface area contributed by atoms with Gasteiger partial charge < -0.3 is 15.3 Å². The Morgan fingerprint density at radius 2 is 2.05 bits per heavy atom. The van der Waals surface area contributed by atoms with E-state index in [0.717, 1.165) is 12.1 Å². The molecule has 1 aromatic rings. The largest absolute Gasteiger partial charge is 0.395 e. The Hall–Kier alpha value is -1.39. The van der Waals surface area contributed by atoms with Crippen LogP contribution in [-0.4, -0.2) is 41.7 Å². The zero-order chi connectivity index (χ0) is 13.5. The SMILES string of the molecule is O=C(CCNC1CC1)N(CCO)Cc1ccccc1. The van der Waals surface area contributed by atoms with Crippen molar-refractivity contribution in [3.63, 3.8) is 0 Å². The second-order valence-electron chi connectivity index (χ2n) is 5.00. The quantitative estimate of drug-likeness (QED) is 0.739. The molecule has 1 aliphatic carbocycles. The number of rotatable bonds is 8. The summed E-state index contributed by atoms with van der Waals surface area (Å²) in [5.74, 6) is 0.103. The minimum atomic E-state index is 0.00856. The number of hydrogen-bond donors (Lipinski definition) is 2. The predicted octanol–water partition coefficient (Wildman–Crippen LogP) is 1.15. The number of nitrogens with zero attached hydrogens (tertiary/aromatic N) is 1. The van der Waals surface area contributed by atoms with Gasteiger partial charge in [-0.3, -0.25) is 4.79 Å². The van der Waals surface area contributed by atoms with E-state index in [1.54, 1.807) is 4.90 Å². The number of amides is 1. The summed E-state index contributed by atoms with van der Waals surface area (Å²) in [6, 6.07) is 10.5. The molecule has 0 unspecified atom stereocenters. The average Bonchev–Trinajstić information content (AvgIpc) is 3.23. The van der Waals surface area contributed by atoms with E-state index in [0.29, 0.717) is 25.6 Å². The van der Waals surface area contributed by atoms with Crippen molar-refractivity contribution in [2.24, 2.45) is 0 Å². The van der Waals surface area contributed by atoms with Gasteiger partial charge in [-0.05, 0) is 18.4 Å². The van der Waals surface area contributed by atoms with Crippen LogP contribution in [0.5, 0.6) is 0 Å². The van der Waals surface area contributed by atoms with Crippen molar-refractivity contribution in [2.75, 3.05) is 19.7 Å². The third kappa shape index (κ3) is 5.01. The summed E-state index contributed by atoms with van der Waals surface area (Å²) in [6.45, 7) is 1.72. The van der Waals surface area contributed by atoms with Crippen molar-refractivity contribution in [1.29, 1.82) is 0 Å². The standard InChI is InChI=1S/C15H22N2O2/c18-11-10-17(12-13-4-2-1-3-5-13)15(19)8-9-16-14-6-7-14/h1-5,14,16,18H,6-12H2. The van der Waals surface area contributed by atoms with Gasteiger partial charge in [0.15, 0.2) is 0 Å². The highest BCUT2D eigenvalue weighted by molar-refractivity contribution is 5.76. The van der Waals surface area contributed by atoms with E-state index in [2.05, 4.69) is 5.32 Å². The lowest BCUT2D eigenvalue weighted by Crippen LogP contribution is -2.35. The van der Waals surface area contributed by atoms with Crippen LogP contribution in [-0.2, 0) is 11.3 Å². The zero-order valence-electron chi connectivity index (χ0n) is 11.2. The van der Waals surface area contributed by atoms with Crippen molar-refractivity contribution in [2.45, 2.75) is 31.8 Å². The van der Waals surface area contributed by atoms with Crippen LogP contribution in [0.1, 0.15) is 24.8 Å². The van der Waals surface area contributed by atoms with Crippen LogP contribution in [0, 0.1) is 0 Å². The van der Waals surface area contributed by atoms with Gasteiger partial charge in [0.2, 0.25) is 5.91 Å². The third-order valence-corrected chi connectivity index (χ3v) is 3.29. The maximum absolute atomic E-state index is 12.1. The van der Waals surface area contributed by atoms with Crippen LogP contribution in [0.3, 0.4) is 0 Å². The summed E-state index contributed by atoms with van der Waals surface area (Å²) in [7, 11) is 0. The van der Waals surface area contributed by atoms with Gasteiger partial charge >= 0.3 is 0 Å². The van der Waals surface area contributed by atoms with Crippen molar-refractivity contribution in [3.8, 4) is 0 Å². The lowest BCUT2D eigenvalue weighted by Gasteiger charge is -2.22. The molecule has 0 bridgehead atoms. The van der Waals surface area contributed by atoms with Crippen molar-refractivity contribution >= 4 is 5.91 Å². The monoisotopic (exact) mass is 262 g/mol. The maximum atomic E-state index is 12.1. The molecule has 0 atom stereocenters. The molecule has 4 nitrogen and oxygen atoms in total. The maximum Gasteiger partial charge on any atom is 0.224 e. The molecular formula is C15H22N2O2. The minimum absolute atomic E-state index is 0.00856. The van der Waals surface area contributed by atoms with Gasteiger partial charge in [0.05, 0.1) is 6.61 Å². The molecule has 1 saturated carbocycles. The van der Waals surface area contributed by atoms with Gasteiger partial charge in [-0.2, -0.15) is 0 Å². The molecule has 2 rings (SSSR count). The van der Waals surface area contributed by atoms with E-state index in [1.807, 2.05) is 30.3 Å².